The summed E-state index contributed by atoms with van der Waals surface area (Å²) >= 11 is 0. The molecule has 0 bridgehead atoms. The van der Waals surface area contributed by atoms with Crippen LogP contribution in [0.25, 0.3) is 0 Å². The van der Waals surface area contributed by atoms with Crippen molar-refractivity contribution in [2.45, 2.75) is 45.8 Å². The van der Waals surface area contributed by atoms with Crippen LogP contribution in [0.3, 0.4) is 0 Å². The zero-order chi connectivity index (χ0) is 15.1. The summed E-state index contributed by atoms with van der Waals surface area (Å²) in [7, 11) is 1.75. The molecule has 2 unspecified atom stereocenters. The molecule has 0 radical (unpaired) electrons. The summed E-state index contributed by atoms with van der Waals surface area (Å²) in [5.41, 5.74) is 2.33. The number of nitrogens with one attached hydrogen (secondary N) is 1. The second-order valence-corrected chi connectivity index (χ2v) is 5.38. The number of urea groups is 1. The number of carbonyl (C=O) groups excluding carboxylic acids is 1. The van der Waals surface area contributed by atoms with Crippen molar-refractivity contribution in [3.63, 3.8) is 0 Å². The zero-order valence-electron chi connectivity index (χ0n) is 12.9. The van der Waals surface area contributed by atoms with Crippen LogP contribution in [0.15, 0.2) is 24.3 Å². The Labute approximate surface area is 121 Å². The SMILES string of the molecule is CCC(NC(=O)N(C)CCC(C)O)c1ccc(C)cc1. The molecule has 4 nitrogen and oxygen atoms in total. The summed E-state index contributed by atoms with van der Waals surface area (Å²) in [6.07, 6.45) is 1.05. The van der Waals surface area contributed by atoms with E-state index < -0.39 is 0 Å². The van der Waals surface area contributed by atoms with Crippen molar-refractivity contribution in [2.75, 3.05) is 13.6 Å². The molecule has 0 aliphatic heterocycles. The Bertz CT molecular complexity index is 415. The van der Waals surface area contributed by atoms with E-state index in [0.717, 1.165) is 12.0 Å². The molecule has 0 aromatic heterocycles. The maximum atomic E-state index is 12.1. The van der Waals surface area contributed by atoms with Crippen LogP contribution in [-0.4, -0.2) is 35.7 Å². The lowest BCUT2D eigenvalue weighted by Crippen LogP contribution is -2.40. The van der Waals surface area contributed by atoms with Crippen LogP contribution in [0, 0.1) is 6.92 Å². The van der Waals surface area contributed by atoms with Crippen LogP contribution in [0.5, 0.6) is 0 Å². The Balaban J connectivity index is 2.59. The van der Waals surface area contributed by atoms with E-state index in [9.17, 15) is 9.90 Å². The van der Waals surface area contributed by atoms with Gasteiger partial charge in [-0.1, -0.05) is 36.8 Å². The Kier molecular flexibility index (Phi) is 6.52. The van der Waals surface area contributed by atoms with Gasteiger partial charge in [-0.3, -0.25) is 0 Å². The highest BCUT2D eigenvalue weighted by Crippen LogP contribution is 2.17. The summed E-state index contributed by atoms with van der Waals surface area (Å²) in [4.78, 5) is 13.7. The fraction of sp³-hybridized carbons (Fsp3) is 0.562. The van der Waals surface area contributed by atoms with Crippen LogP contribution in [-0.2, 0) is 0 Å². The number of rotatable bonds is 6. The van der Waals surface area contributed by atoms with Crippen molar-refractivity contribution < 1.29 is 9.90 Å². The average molecular weight is 278 g/mol. The number of amides is 2. The van der Waals surface area contributed by atoms with Gasteiger partial charge < -0.3 is 15.3 Å². The molecule has 2 atom stereocenters. The molecule has 0 saturated heterocycles. The lowest BCUT2D eigenvalue weighted by Gasteiger charge is -2.23. The molecule has 4 heteroatoms. The van der Waals surface area contributed by atoms with Gasteiger partial charge in [0.15, 0.2) is 0 Å². The quantitative estimate of drug-likeness (QED) is 0.840. The summed E-state index contributed by atoms with van der Waals surface area (Å²) in [5, 5.41) is 12.3. The van der Waals surface area contributed by atoms with Gasteiger partial charge in [0.1, 0.15) is 0 Å². The predicted octanol–water partition coefficient (Wildman–Crippen LogP) is 2.86. The standard InChI is InChI=1S/C16H26N2O2/c1-5-15(14-8-6-12(2)7-9-14)17-16(20)18(4)11-10-13(3)19/h6-9,13,15,19H,5,10-11H2,1-4H3,(H,17,20). The Morgan fingerprint density at radius 3 is 2.45 bits per heavy atom. The van der Waals surface area contributed by atoms with E-state index >= 15 is 0 Å². The van der Waals surface area contributed by atoms with Crippen molar-refractivity contribution in [1.82, 2.24) is 10.2 Å². The minimum absolute atomic E-state index is 0.0251. The number of hydrogen-bond donors (Lipinski definition) is 2. The number of aliphatic hydroxyl groups is 1. The average Bonchev–Trinajstić information content (AvgIpc) is 2.42. The number of aliphatic hydroxyl groups excluding tert-OH is 1. The molecule has 2 amide bonds. The number of benzene rings is 1. The Morgan fingerprint density at radius 1 is 1.35 bits per heavy atom. The Hall–Kier alpha value is -1.55. The molecule has 1 rings (SSSR count). The summed E-state index contributed by atoms with van der Waals surface area (Å²) in [6, 6.07) is 8.15. The molecule has 1 aromatic rings. The maximum absolute atomic E-state index is 12.1. The molecule has 112 valence electrons. The molecule has 0 fully saturated rings. The number of nitrogens with zero attached hydrogens (tertiary/aromatic N) is 1. The largest absolute Gasteiger partial charge is 0.393 e. The van der Waals surface area contributed by atoms with E-state index in [-0.39, 0.29) is 18.2 Å². The van der Waals surface area contributed by atoms with Crippen LogP contribution in [0.4, 0.5) is 4.79 Å². The van der Waals surface area contributed by atoms with E-state index in [1.54, 1.807) is 18.9 Å². The Morgan fingerprint density at radius 2 is 1.95 bits per heavy atom. The van der Waals surface area contributed by atoms with Crippen LogP contribution < -0.4 is 5.32 Å². The van der Waals surface area contributed by atoms with Crippen molar-refractivity contribution in [2.24, 2.45) is 0 Å². The second-order valence-electron chi connectivity index (χ2n) is 5.38. The molecule has 0 aliphatic carbocycles. The van der Waals surface area contributed by atoms with Gasteiger partial charge in [0.05, 0.1) is 12.1 Å². The van der Waals surface area contributed by atoms with E-state index in [1.165, 1.54) is 5.56 Å². The van der Waals surface area contributed by atoms with E-state index in [1.807, 2.05) is 6.92 Å². The number of carbonyl (C=O) groups is 1. The monoisotopic (exact) mass is 278 g/mol. The van der Waals surface area contributed by atoms with Crippen molar-refractivity contribution in [3.05, 3.63) is 35.4 Å². The first-order valence-electron chi connectivity index (χ1n) is 7.20. The first-order chi connectivity index (χ1) is 9.43. The fourth-order valence-electron chi connectivity index (χ4n) is 1.96. The van der Waals surface area contributed by atoms with Crippen molar-refractivity contribution in [1.29, 1.82) is 0 Å². The van der Waals surface area contributed by atoms with Gasteiger partial charge in [0.2, 0.25) is 0 Å². The zero-order valence-corrected chi connectivity index (χ0v) is 12.9. The van der Waals surface area contributed by atoms with Gasteiger partial charge in [-0.25, -0.2) is 4.79 Å². The van der Waals surface area contributed by atoms with Gasteiger partial charge in [0.25, 0.3) is 0 Å². The highest BCUT2D eigenvalue weighted by atomic mass is 16.3. The minimum Gasteiger partial charge on any atom is -0.393 e. The minimum atomic E-state index is -0.385. The topological polar surface area (TPSA) is 52.6 Å². The molecule has 0 spiro atoms. The van der Waals surface area contributed by atoms with Crippen molar-refractivity contribution in [3.8, 4) is 0 Å². The fourth-order valence-corrected chi connectivity index (χ4v) is 1.96. The molecule has 0 saturated carbocycles. The highest BCUT2D eigenvalue weighted by molar-refractivity contribution is 5.74. The summed E-state index contributed by atoms with van der Waals surface area (Å²) in [6.45, 7) is 6.38. The van der Waals surface area contributed by atoms with E-state index in [0.29, 0.717) is 13.0 Å². The van der Waals surface area contributed by atoms with Crippen LogP contribution >= 0.6 is 0 Å². The van der Waals surface area contributed by atoms with Crippen molar-refractivity contribution >= 4 is 6.03 Å². The normalized spacial score (nSPS) is 13.7. The third-order valence-electron chi connectivity index (χ3n) is 3.41. The van der Waals surface area contributed by atoms with Gasteiger partial charge in [0, 0.05) is 13.6 Å². The van der Waals surface area contributed by atoms with E-state index in [4.69, 9.17) is 0 Å². The summed E-state index contributed by atoms with van der Waals surface area (Å²) in [5.74, 6) is 0. The molecule has 0 aliphatic rings. The first kappa shape index (κ1) is 16.5. The first-order valence-corrected chi connectivity index (χ1v) is 7.20. The van der Waals surface area contributed by atoms with Crippen LogP contribution in [0.1, 0.15) is 43.9 Å². The third kappa shape index (κ3) is 5.21. The van der Waals surface area contributed by atoms with Gasteiger partial charge >= 0.3 is 6.03 Å². The van der Waals surface area contributed by atoms with Gasteiger partial charge in [-0.2, -0.15) is 0 Å². The lowest BCUT2D eigenvalue weighted by molar-refractivity contribution is 0.162. The van der Waals surface area contributed by atoms with E-state index in [2.05, 4.69) is 36.5 Å². The predicted molar refractivity (Wildman–Crippen MR) is 81.7 cm³/mol. The molecule has 2 N–H and O–H groups in total. The summed E-state index contributed by atoms with van der Waals surface area (Å²) < 4.78 is 0. The van der Waals surface area contributed by atoms with Crippen LogP contribution in [0.2, 0.25) is 0 Å². The number of hydrogen-bond acceptors (Lipinski definition) is 2. The maximum Gasteiger partial charge on any atom is 0.317 e. The third-order valence-corrected chi connectivity index (χ3v) is 3.41. The lowest BCUT2D eigenvalue weighted by atomic mass is 10.0. The van der Waals surface area contributed by atoms with Gasteiger partial charge in [-0.05, 0) is 32.3 Å². The molecular formula is C16H26N2O2. The smallest absolute Gasteiger partial charge is 0.317 e. The van der Waals surface area contributed by atoms with Gasteiger partial charge in [-0.15, -0.1) is 0 Å². The molecule has 0 heterocycles. The molecular weight excluding hydrogens is 252 g/mol. The molecule has 1 aromatic carbocycles. The number of aryl methyl sites for hydroxylation is 1. The molecule has 20 heavy (non-hydrogen) atoms. The second kappa shape index (κ2) is 7.90. The highest BCUT2D eigenvalue weighted by Gasteiger charge is 2.15.